The molecule has 5 nitrogen and oxygen atoms in total. The monoisotopic (exact) mass is 215 g/mol. The Balaban J connectivity index is 2.74. The number of hydrogen-bond donors (Lipinski definition) is 1. The summed E-state index contributed by atoms with van der Waals surface area (Å²) in [4.78, 5) is 13.9. The lowest BCUT2D eigenvalue weighted by atomic mass is 10.3. The van der Waals surface area contributed by atoms with Gasteiger partial charge in [-0.15, -0.1) is 5.10 Å². The summed E-state index contributed by atoms with van der Waals surface area (Å²) in [5.74, 6) is -0.121. The summed E-state index contributed by atoms with van der Waals surface area (Å²) in [6.45, 7) is 4.12. The molecule has 78 valence electrons. The van der Waals surface area contributed by atoms with Crippen LogP contribution in [0.3, 0.4) is 0 Å². The number of carbonyl (C=O) groups is 1. The molecule has 6 heteroatoms. The highest BCUT2D eigenvalue weighted by molar-refractivity contribution is 7.07. The first-order valence-electron chi connectivity index (χ1n) is 4.36. The van der Waals surface area contributed by atoms with Crippen molar-refractivity contribution in [3.05, 3.63) is 11.1 Å². The third kappa shape index (κ3) is 2.49. The highest BCUT2D eigenvalue weighted by Crippen LogP contribution is 2.09. The third-order valence-corrected chi connectivity index (χ3v) is 2.45. The molecule has 1 amide bonds. The zero-order chi connectivity index (χ0) is 10.6. The van der Waals surface area contributed by atoms with Crippen LogP contribution in [0.25, 0.3) is 0 Å². The fraction of sp³-hybridized carbons (Fsp3) is 0.625. The predicted octanol–water partition coefficient (Wildman–Crippen LogP) is 0.381. The van der Waals surface area contributed by atoms with Crippen molar-refractivity contribution in [2.45, 2.75) is 19.9 Å². The molecule has 0 saturated heterocycles. The summed E-state index contributed by atoms with van der Waals surface area (Å²) in [6, 6.07) is 0.0664. The topological polar surface area (TPSA) is 66.3 Å². The minimum absolute atomic E-state index is 0.0316. The van der Waals surface area contributed by atoms with Gasteiger partial charge in [-0.3, -0.25) is 4.79 Å². The van der Waals surface area contributed by atoms with Gasteiger partial charge in [-0.1, -0.05) is 4.49 Å². The molecule has 0 aliphatic carbocycles. The summed E-state index contributed by atoms with van der Waals surface area (Å²) in [6.07, 6.45) is 1.44. The fourth-order valence-electron chi connectivity index (χ4n) is 1.10. The number of nitrogens with zero attached hydrogens (tertiary/aromatic N) is 3. The van der Waals surface area contributed by atoms with Gasteiger partial charge in [-0.05, 0) is 25.4 Å². The molecule has 1 aromatic rings. The van der Waals surface area contributed by atoms with E-state index in [-0.39, 0.29) is 18.6 Å². The van der Waals surface area contributed by atoms with Crippen molar-refractivity contribution in [2.75, 3.05) is 13.2 Å². The van der Waals surface area contributed by atoms with Crippen LogP contribution < -0.4 is 0 Å². The number of aliphatic hydroxyl groups excluding tert-OH is 1. The summed E-state index contributed by atoms with van der Waals surface area (Å²) < 4.78 is 3.63. The molecule has 0 unspecified atom stereocenters. The van der Waals surface area contributed by atoms with Crippen LogP contribution in [0.2, 0.25) is 0 Å². The summed E-state index contributed by atoms with van der Waals surface area (Å²) in [7, 11) is 0. The maximum atomic E-state index is 11.8. The van der Waals surface area contributed by atoms with E-state index in [1.165, 1.54) is 6.20 Å². The quantitative estimate of drug-likeness (QED) is 0.788. The Morgan fingerprint density at radius 3 is 2.86 bits per heavy atom. The van der Waals surface area contributed by atoms with E-state index in [1.807, 2.05) is 13.8 Å². The molecule has 0 aromatic carbocycles. The van der Waals surface area contributed by atoms with E-state index in [0.29, 0.717) is 11.4 Å². The van der Waals surface area contributed by atoms with Gasteiger partial charge in [0, 0.05) is 12.6 Å². The van der Waals surface area contributed by atoms with Gasteiger partial charge in [-0.2, -0.15) is 0 Å². The van der Waals surface area contributed by atoms with Crippen LogP contribution in [0.5, 0.6) is 0 Å². The molecule has 1 N–H and O–H groups in total. The fourth-order valence-corrected chi connectivity index (χ4v) is 1.58. The number of aromatic nitrogens is 2. The Morgan fingerprint density at radius 2 is 2.43 bits per heavy atom. The second-order valence-electron chi connectivity index (χ2n) is 3.10. The molecule has 1 heterocycles. The Hall–Kier alpha value is -1.01. The lowest BCUT2D eigenvalue weighted by Crippen LogP contribution is -2.38. The minimum Gasteiger partial charge on any atom is -0.395 e. The molecule has 1 rings (SSSR count). The highest BCUT2D eigenvalue weighted by Gasteiger charge is 2.19. The first-order valence-corrected chi connectivity index (χ1v) is 5.13. The van der Waals surface area contributed by atoms with Crippen molar-refractivity contribution in [3.8, 4) is 0 Å². The largest absolute Gasteiger partial charge is 0.395 e. The standard InChI is InChI=1S/C8H13N3O2S/c1-6(2)11(3-4-12)8(13)7-5-9-10-14-7/h5-6,12H,3-4H2,1-2H3. The number of carbonyl (C=O) groups excluding carboxylic acids is 1. The van der Waals surface area contributed by atoms with Crippen molar-refractivity contribution in [1.82, 2.24) is 14.5 Å². The van der Waals surface area contributed by atoms with Gasteiger partial charge in [0.05, 0.1) is 12.8 Å². The van der Waals surface area contributed by atoms with Crippen LogP contribution in [-0.4, -0.2) is 44.7 Å². The zero-order valence-corrected chi connectivity index (χ0v) is 8.99. The van der Waals surface area contributed by atoms with Crippen LogP contribution in [0, 0.1) is 0 Å². The van der Waals surface area contributed by atoms with Crippen molar-refractivity contribution in [3.63, 3.8) is 0 Å². The highest BCUT2D eigenvalue weighted by atomic mass is 32.1. The third-order valence-electron chi connectivity index (χ3n) is 1.80. The maximum absolute atomic E-state index is 11.8. The van der Waals surface area contributed by atoms with Crippen LogP contribution in [0.15, 0.2) is 6.20 Å². The molecule has 1 aromatic heterocycles. The molecule has 0 atom stereocenters. The van der Waals surface area contributed by atoms with E-state index in [4.69, 9.17) is 5.11 Å². The number of aliphatic hydroxyl groups is 1. The normalized spacial score (nSPS) is 10.6. The SMILES string of the molecule is CC(C)N(CCO)C(=O)c1cnns1. The Bertz CT molecular complexity index is 287. The van der Waals surface area contributed by atoms with Crippen molar-refractivity contribution in [1.29, 1.82) is 0 Å². The van der Waals surface area contributed by atoms with E-state index in [2.05, 4.69) is 9.59 Å². The molecule has 0 aliphatic rings. The average molecular weight is 215 g/mol. The second-order valence-corrected chi connectivity index (χ2v) is 3.88. The molecule has 0 fully saturated rings. The summed E-state index contributed by atoms with van der Waals surface area (Å²) >= 11 is 1.07. The molecule has 0 saturated carbocycles. The van der Waals surface area contributed by atoms with Crippen molar-refractivity contribution < 1.29 is 9.90 Å². The smallest absolute Gasteiger partial charge is 0.267 e. The van der Waals surface area contributed by atoms with Crippen LogP contribution in [-0.2, 0) is 0 Å². The maximum Gasteiger partial charge on any atom is 0.267 e. The molecule has 0 radical (unpaired) electrons. The van der Waals surface area contributed by atoms with Gasteiger partial charge in [0.15, 0.2) is 0 Å². The van der Waals surface area contributed by atoms with E-state index < -0.39 is 0 Å². The van der Waals surface area contributed by atoms with Crippen LogP contribution in [0.4, 0.5) is 0 Å². The van der Waals surface area contributed by atoms with E-state index in [1.54, 1.807) is 4.90 Å². The van der Waals surface area contributed by atoms with E-state index in [9.17, 15) is 4.79 Å². The zero-order valence-electron chi connectivity index (χ0n) is 8.17. The van der Waals surface area contributed by atoms with Crippen LogP contribution >= 0.6 is 11.5 Å². The first-order chi connectivity index (χ1) is 6.66. The molecule has 0 aliphatic heterocycles. The minimum atomic E-state index is -0.121. The van der Waals surface area contributed by atoms with E-state index >= 15 is 0 Å². The van der Waals surface area contributed by atoms with Crippen molar-refractivity contribution >= 4 is 17.4 Å². The van der Waals surface area contributed by atoms with Gasteiger partial charge in [0.25, 0.3) is 5.91 Å². The Kier molecular flexibility index (Phi) is 3.97. The van der Waals surface area contributed by atoms with Gasteiger partial charge < -0.3 is 10.0 Å². The van der Waals surface area contributed by atoms with Crippen LogP contribution in [0.1, 0.15) is 23.5 Å². The predicted molar refractivity (Wildman–Crippen MR) is 53.2 cm³/mol. The summed E-state index contributed by atoms with van der Waals surface area (Å²) in [5.41, 5.74) is 0. The van der Waals surface area contributed by atoms with Gasteiger partial charge in [0.1, 0.15) is 4.88 Å². The van der Waals surface area contributed by atoms with E-state index in [0.717, 1.165) is 11.5 Å². The lowest BCUT2D eigenvalue weighted by Gasteiger charge is -2.24. The molecule has 0 bridgehead atoms. The first kappa shape index (κ1) is 11.1. The lowest BCUT2D eigenvalue weighted by molar-refractivity contribution is 0.0670. The van der Waals surface area contributed by atoms with Crippen molar-refractivity contribution in [2.24, 2.45) is 0 Å². The second kappa shape index (κ2) is 5.02. The number of rotatable bonds is 4. The number of amides is 1. The molecular weight excluding hydrogens is 202 g/mol. The Labute approximate surface area is 86.5 Å². The Morgan fingerprint density at radius 1 is 1.71 bits per heavy atom. The summed E-state index contributed by atoms with van der Waals surface area (Å²) in [5, 5.41) is 12.4. The van der Waals surface area contributed by atoms with Gasteiger partial charge >= 0.3 is 0 Å². The average Bonchev–Trinajstić information content (AvgIpc) is 2.65. The molecule has 14 heavy (non-hydrogen) atoms. The molecular formula is C8H13N3O2S. The molecule has 0 spiro atoms. The van der Waals surface area contributed by atoms with Gasteiger partial charge in [-0.25, -0.2) is 0 Å². The number of hydrogen-bond acceptors (Lipinski definition) is 5. The van der Waals surface area contributed by atoms with Gasteiger partial charge in [0.2, 0.25) is 0 Å².